The molecule has 0 unspecified atom stereocenters. The Hall–Kier alpha value is -4.90. The summed E-state index contributed by atoms with van der Waals surface area (Å²) in [6, 6.07) is 16.4. The van der Waals surface area contributed by atoms with Crippen LogP contribution >= 0.6 is 15.9 Å². The molecule has 0 radical (unpaired) electrons. The number of amides is 1. The largest absolute Gasteiger partial charge is 0.435 e. The third kappa shape index (κ3) is 4.53. The number of ether oxygens (including phenoxy) is 1. The summed E-state index contributed by atoms with van der Waals surface area (Å²) in [5.41, 5.74) is 1.31. The second-order valence-electron chi connectivity index (χ2n) is 8.64. The van der Waals surface area contributed by atoms with E-state index in [4.69, 9.17) is 4.74 Å². The normalized spacial score (nSPS) is 11.2. The topological polar surface area (TPSA) is 104 Å². The zero-order valence-corrected chi connectivity index (χ0v) is 21.9. The van der Waals surface area contributed by atoms with Gasteiger partial charge in [0, 0.05) is 47.6 Å². The molecule has 0 bridgehead atoms. The molecule has 39 heavy (non-hydrogen) atoms. The first-order valence-electron chi connectivity index (χ1n) is 11.7. The van der Waals surface area contributed by atoms with Crippen LogP contribution in [0.5, 0.6) is 11.6 Å². The second kappa shape index (κ2) is 9.76. The van der Waals surface area contributed by atoms with E-state index < -0.39 is 17.2 Å². The molecular formula is C28H18BrFN6O3. The van der Waals surface area contributed by atoms with Gasteiger partial charge >= 0.3 is 0 Å². The maximum absolute atomic E-state index is 15.0. The highest BCUT2D eigenvalue weighted by atomic mass is 79.9. The minimum absolute atomic E-state index is 0.0776. The molecule has 1 amide bonds. The molecule has 192 valence electrons. The summed E-state index contributed by atoms with van der Waals surface area (Å²) >= 11 is 3.41. The lowest BCUT2D eigenvalue weighted by atomic mass is 10.1. The number of aromatic nitrogens is 5. The van der Waals surface area contributed by atoms with E-state index in [2.05, 4.69) is 36.2 Å². The fraction of sp³-hybridized carbons (Fsp3) is 0.0357. The number of hydrogen-bond donors (Lipinski definition) is 1. The molecule has 0 aliphatic heterocycles. The first-order valence-corrected chi connectivity index (χ1v) is 12.5. The van der Waals surface area contributed by atoms with Gasteiger partial charge in [-0.1, -0.05) is 15.9 Å². The second-order valence-corrected chi connectivity index (χ2v) is 9.55. The number of carbonyl (C=O) groups is 1. The van der Waals surface area contributed by atoms with Crippen LogP contribution in [0.3, 0.4) is 0 Å². The van der Waals surface area contributed by atoms with Crippen LogP contribution in [-0.4, -0.2) is 30.0 Å². The number of nitrogens with one attached hydrogen (secondary N) is 1. The molecule has 4 heterocycles. The molecule has 11 heteroatoms. The summed E-state index contributed by atoms with van der Waals surface area (Å²) in [4.78, 5) is 39.1. The van der Waals surface area contributed by atoms with Crippen LogP contribution in [0.2, 0.25) is 0 Å². The average molecular weight is 585 g/mol. The number of nitrogens with zero attached hydrogens (tertiary/aromatic N) is 5. The molecular weight excluding hydrogens is 567 g/mol. The SMILES string of the molecule is Cn1ccc2c(Oc3ccc(NC(=O)c4cn(-c5ccc(Br)cc5)c5ncccc5c4=O)cc3F)ncnc21. The van der Waals surface area contributed by atoms with Crippen LogP contribution in [-0.2, 0) is 7.05 Å². The Labute approximate surface area is 228 Å². The van der Waals surface area contributed by atoms with Gasteiger partial charge in [-0.2, -0.15) is 0 Å². The lowest BCUT2D eigenvalue weighted by Crippen LogP contribution is -2.24. The lowest BCUT2D eigenvalue weighted by Gasteiger charge is -2.13. The fourth-order valence-electron chi connectivity index (χ4n) is 4.22. The highest BCUT2D eigenvalue weighted by Crippen LogP contribution is 2.30. The summed E-state index contributed by atoms with van der Waals surface area (Å²) in [5, 5.41) is 3.52. The van der Waals surface area contributed by atoms with E-state index in [-0.39, 0.29) is 28.3 Å². The van der Waals surface area contributed by atoms with Gasteiger partial charge in [0.05, 0.1) is 10.8 Å². The van der Waals surface area contributed by atoms with Crippen LogP contribution in [0, 0.1) is 5.82 Å². The molecule has 9 nitrogen and oxygen atoms in total. The molecule has 0 atom stereocenters. The molecule has 6 rings (SSSR count). The van der Waals surface area contributed by atoms with E-state index in [1.165, 1.54) is 24.7 Å². The Morgan fingerprint density at radius 1 is 1.00 bits per heavy atom. The van der Waals surface area contributed by atoms with E-state index in [9.17, 15) is 14.0 Å². The van der Waals surface area contributed by atoms with Gasteiger partial charge < -0.3 is 19.2 Å². The van der Waals surface area contributed by atoms with Crippen molar-refractivity contribution in [1.29, 1.82) is 0 Å². The van der Waals surface area contributed by atoms with Crippen molar-refractivity contribution in [2.75, 3.05) is 5.32 Å². The minimum atomic E-state index is -0.717. The summed E-state index contributed by atoms with van der Waals surface area (Å²) in [5.74, 6) is -1.28. The third-order valence-electron chi connectivity index (χ3n) is 6.13. The monoisotopic (exact) mass is 584 g/mol. The van der Waals surface area contributed by atoms with Gasteiger partial charge in [-0.15, -0.1) is 0 Å². The van der Waals surface area contributed by atoms with Crippen molar-refractivity contribution in [2.45, 2.75) is 0 Å². The van der Waals surface area contributed by atoms with Crippen molar-refractivity contribution in [1.82, 2.24) is 24.1 Å². The van der Waals surface area contributed by atoms with Crippen molar-refractivity contribution in [3.63, 3.8) is 0 Å². The number of anilines is 1. The molecule has 0 aliphatic rings. The van der Waals surface area contributed by atoms with E-state index in [0.717, 1.165) is 10.5 Å². The number of hydrogen-bond acceptors (Lipinski definition) is 6. The molecule has 2 aromatic carbocycles. The summed E-state index contributed by atoms with van der Waals surface area (Å²) in [7, 11) is 1.83. The van der Waals surface area contributed by atoms with Gasteiger partial charge in [0.15, 0.2) is 11.6 Å². The molecule has 0 saturated carbocycles. The van der Waals surface area contributed by atoms with E-state index in [1.54, 1.807) is 39.7 Å². The molecule has 6 aromatic rings. The van der Waals surface area contributed by atoms with Crippen molar-refractivity contribution >= 4 is 49.6 Å². The molecule has 1 N–H and O–H groups in total. The van der Waals surface area contributed by atoms with E-state index >= 15 is 0 Å². The van der Waals surface area contributed by atoms with Gasteiger partial charge in [-0.25, -0.2) is 19.3 Å². The molecule has 4 aromatic heterocycles. The van der Waals surface area contributed by atoms with Gasteiger partial charge in [0.2, 0.25) is 11.3 Å². The summed E-state index contributed by atoms with van der Waals surface area (Å²) in [6.07, 6.45) is 6.15. The molecule has 0 aliphatic carbocycles. The van der Waals surface area contributed by atoms with Crippen molar-refractivity contribution in [2.24, 2.45) is 7.05 Å². The van der Waals surface area contributed by atoms with Gasteiger partial charge in [-0.3, -0.25) is 9.59 Å². The first kappa shape index (κ1) is 24.4. The third-order valence-corrected chi connectivity index (χ3v) is 6.66. The highest BCUT2D eigenvalue weighted by Gasteiger charge is 2.18. The fourth-order valence-corrected chi connectivity index (χ4v) is 4.48. The van der Waals surface area contributed by atoms with Crippen LogP contribution in [0.4, 0.5) is 10.1 Å². The van der Waals surface area contributed by atoms with Crippen LogP contribution < -0.4 is 15.5 Å². The quantitative estimate of drug-likeness (QED) is 0.282. The number of benzene rings is 2. The minimum Gasteiger partial charge on any atom is -0.435 e. The Bertz CT molecular complexity index is 1950. The molecule has 0 spiro atoms. The molecule has 0 fully saturated rings. The van der Waals surface area contributed by atoms with E-state index in [1.807, 2.05) is 31.3 Å². The maximum atomic E-state index is 15.0. The van der Waals surface area contributed by atoms with Crippen LogP contribution in [0.1, 0.15) is 10.4 Å². The Balaban J connectivity index is 1.31. The van der Waals surface area contributed by atoms with Gasteiger partial charge in [-0.05, 0) is 54.6 Å². The number of fused-ring (bicyclic) bond motifs is 2. The van der Waals surface area contributed by atoms with Gasteiger partial charge in [0.25, 0.3) is 5.91 Å². The maximum Gasteiger partial charge on any atom is 0.261 e. The summed E-state index contributed by atoms with van der Waals surface area (Å²) in [6.45, 7) is 0. The summed E-state index contributed by atoms with van der Waals surface area (Å²) < 4.78 is 25.0. The van der Waals surface area contributed by atoms with Crippen molar-refractivity contribution < 1.29 is 13.9 Å². The Morgan fingerprint density at radius 3 is 2.62 bits per heavy atom. The molecule has 0 saturated heterocycles. The number of pyridine rings is 2. The number of aryl methyl sites for hydroxylation is 1. The first-order chi connectivity index (χ1) is 18.9. The highest BCUT2D eigenvalue weighted by molar-refractivity contribution is 9.10. The zero-order valence-electron chi connectivity index (χ0n) is 20.3. The predicted octanol–water partition coefficient (Wildman–Crippen LogP) is 5.61. The lowest BCUT2D eigenvalue weighted by molar-refractivity contribution is 0.102. The average Bonchev–Trinajstić information content (AvgIpc) is 3.32. The Kier molecular flexibility index (Phi) is 6.12. The predicted molar refractivity (Wildman–Crippen MR) is 148 cm³/mol. The zero-order chi connectivity index (χ0) is 27.1. The van der Waals surface area contributed by atoms with E-state index in [0.29, 0.717) is 22.4 Å². The van der Waals surface area contributed by atoms with Gasteiger partial charge in [0.1, 0.15) is 23.2 Å². The van der Waals surface area contributed by atoms with Crippen molar-refractivity contribution in [3.8, 4) is 17.3 Å². The number of rotatable bonds is 5. The number of halogens is 2. The smallest absolute Gasteiger partial charge is 0.261 e. The Morgan fingerprint density at radius 2 is 1.82 bits per heavy atom. The van der Waals surface area contributed by atoms with Crippen LogP contribution in [0.15, 0.2) is 94.8 Å². The number of carbonyl (C=O) groups excluding carboxylic acids is 1. The van der Waals surface area contributed by atoms with Crippen LogP contribution in [0.25, 0.3) is 27.8 Å². The standard InChI is InChI=1S/C28H18BrFN6O3/c1-35-12-10-20-25(35)32-15-33-28(20)39-23-9-6-17(13-22(23)30)34-27(38)21-14-36(18-7-4-16(29)5-8-18)26-19(24(21)37)3-2-11-31-26/h2-15H,1H3,(H,34,38). The van der Waals surface area contributed by atoms with Crippen molar-refractivity contribution in [3.05, 3.63) is 112 Å².